The molecule has 8 heteroatoms. The molecule has 3 aromatic rings. The molecule has 1 aromatic carbocycles. The van der Waals surface area contributed by atoms with Crippen LogP contribution >= 0.6 is 0 Å². The minimum atomic E-state index is -0.708. The number of nitrogens with zero attached hydrogens (tertiary/aromatic N) is 1. The van der Waals surface area contributed by atoms with Gasteiger partial charge in [-0.25, -0.2) is 14.6 Å². The van der Waals surface area contributed by atoms with Crippen LogP contribution in [-0.4, -0.2) is 35.0 Å². The van der Waals surface area contributed by atoms with Gasteiger partial charge in [-0.1, -0.05) is 18.2 Å². The fourth-order valence-corrected chi connectivity index (χ4v) is 3.99. The summed E-state index contributed by atoms with van der Waals surface area (Å²) >= 11 is 0. The van der Waals surface area contributed by atoms with Gasteiger partial charge in [0.05, 0.1) is 23.0 Å². The van der Waals surface area contributed by atoms with Crippen molar-refractivity contribution in [3.05, 3.63) is 65.2 Å². The van der Waals surface area contributed by atoms with Crippen LogP contribution in [0.3, 0.4) is 0 Å². The van der Waals surface area contributed by atoms with Crippen molar-refractivity contribution < 1.29 is 23.5 Å². The zero-order chi connectivity index (χ0) is 24.3. The van der Waals surface area contributed by atoms with E-state index in [0.29, 0.717) is 28.6 Å². The van der Waals surface area contributed by atoms with Gasteiger partial charge in [0, 0.05) is 10.9 Å². The van der Waals surface area contributed by atoms with Gasteiger partial charge in [-0.2, -0.15) is 0 Å². The molecular weight excluding hydrogens is 434 g/mol. The predicted molar refractivity (Wildman–Crippen MR) is 128 cm³/mol. The van der Waals surface area contributed by atoms with Crippen molar-refractivity contribution in [3.8, 4) is 0 Å². The summed E-state index contributed by atoms with van der Waals surface area (Å²) in [5.41, 5.74) is 3.07. The van der Waals surface area contributed by atoms with Crippen LogP contribution in [0.5, 0.6) is 0 Å². The second-order valence-electron chi connectivity index (χ2n) is 9.20. The smallest absolute Gasteiger partial charge is 0.339 e. The first kappa shape index (κ1) is 23.2. The Bertz CT molecular complexity index is 1270. The summed E-state index contributed by atoms with van der Waals surface area (Å²) in [6.07, 6.45) is 5.86. The fraction of sp³-hybridized carbons (Fsp3) is 0.308. The van der Waals surface area contributed by atoms with Crippen molar-refractivity contribution >= 4 is 40.5 Å². The van der Waals surface area contributed by atoms with Crippen LogP contribution < -0.4 is 10.6 Å². The topological polar surface area (TPSA) is 111 Å². The van der Waals surface area contributed by atoms with Crippen molar-refractivity contribution in [2.45, 2.75) is 45.6 Å². The molecule has 0 atom stereocenters. The van der Waals surface area contributed by atoms with Gasteiger partial charge in [-0.15, -0.1) is 0 Å². The molecular formula is C26H27N3O5. The second-order valence-corrected chi connectivity index (χ2v) is 9.20. The van der Waals surface area contributed by atoms with Gasteiger partial charge in [-0.3, -0.25) is 10.1 Å². The van der Waals surface area contributed by atoms with E-state index < -0.39 is 30.1 Å². The van der Waals surface area contributed by atoms with Crippen LogP contribution in [0, 0.1) is 0 Å². The Morgan fingerprint density at radius 2 is 1.91 bits per heavy atom. The number of aromatic nitrogens is 1. The van der Waals surface area contributed by atoms with E-state index in [1.54, 1.807) is 27.0 Å². The zero-order valence-corrected chi connectivity index (χ0v) is 19.4. The average molecular weight is 462 g/mol. The van der Waals surface area contributed by atoms with Gasteiger partial charge in [0.2, 0.25) is 0 Å². The molecule has 1 aliphatic carbocycles. The molecule has 0 unspecified atom stereocenters. The molecule has 0 radical (unpaired) electrons. The van der Waals surface area contributed by atoms with Crippen molar-refractivity contribution in [1.29, 1.82) is 0 Å². The lowest BCUT2D eigenvalue weighted by molar-refractivity contribution is -0.123. The third-order valence-electron chi connectivity index (χ3n) is 5.31. The number of hydrogen-bond acceptors (Lipinski definition) is 6. The molecule has 4 rings (SSSR count). The number of para-hydroxylation sites is 1. The third-order valence-corrected chi connectivity index (χ3v) is 5.31. The first-order valence-corrected chi connectivity index (χ1v) is 11.2. The van der Waals surface area contributed by atoms with Gasteiger partial charge in [0.15, 0.2) is 6.61 Å². The average Bonchev–Trinajstić information content (AvgIpc) is 3.28. The number of carbonyl (C=O) groups is 3. The molecule has 2 N–H and O–H groups in total. The number of furan rings is 1. The number of ether oxygens (including phenoxy) is 1. The molecule has 0 spiro atoms. The van der Waals surface area contributed by atoms with Crippen LogP contribution in [0.1, 0.15) is 61.0 Å². The third kappa shape index (κ3) is 5.33. The van der Waals surface area contributed by atoms with E-state index in [9.17, 15) is 14.4 Å². The Kier molecular flexibility index (Phi) is 6.49. The van der Waals surface area contributed by atoms with Crippen LogP contribution in [-0.2, 0) is 16.0 Å². The van der Waals surface area contributed by atoms with E-state index in [1.165, 1.54) is 0 Å². The van der Waals surface area contributed by atoms with Gasteiger partial charge in [0.1, 0.15) is 5.76 Å². The number of imide groups is 1. The van der Waals surface area contributed by atoms with E-state index in [2.05, 4.69) is 10.6 Å². The summed E-state index contributed by atoms with van der Waals surface area (Å²) in [5, 5.41) is 5.46. The van der Waals surface area contributed by atoms with E-state index in [0.717, 1.165) is 29.7 Å². The second kappa shape index (κ2) is 9.51. The zero-order valence-electron chi connectivity index (χ0n) is 19.4. The molecule has 0 aliphatic heterocycles. The van der Waals surface area contributed by atoms with Crippen molar-refractivity contribution in [2.24, 2.45) is 0 Å². The maximum absolute atomic E-state index is 13.2. The van der Waals surface area contributed by atoms with E-state index in [-0.39, 0.29) is 0 Å². The Balaban J connectivity index is 1.61. The quantitative estimate of drug-likeness (QED) is 0.554. The Morgan fingerprint density at radius 3 is 2.65 bits per heavy atom. The Morgan fingerprint density at radius 1 is 1.12 bits per heavy atom. The van der Waals surface area contributed by atoms with Gasteiger partial charge in [0.25, 0.3) is 5.91 Å². The molecule has 0 saturated carbocycles. The predicted octanol–water partition coefficient (Wildman–Crippen LogP) is 4.49. The number of carbonyl (C=O) groups excluding carboxylic acids is 3. The normalized spacial score (nSPS) is 14.5. The highest BCUT2D eigenvalue weighted by atomic mass is 16.5. The molecule has 34 heavy (non-hydrogen) atoms. The lowest BCUT2D eigenvalue weighted by Crippen LogP contribution is -2.49. The summed E-state index contributed by atoms with van der Waals surface area (Å²) in [4.78, 5) is 42.1. The minimum Gasteiger partial charge on any atom is -0.465 e. The Labute approximate surface area is 197 Å². The molecule has 176 valence electrons. The van der Waals surface area contributed by atoms with E-state index in [1.807, 2.05) is 42.5 Å². The molecule has 2 aromatic heterocycles. The maximum atomic E-state index is 13.2. The van der Waals surface area contributed by atoms with Gasteiger partial charge in [-0.05, 0) is 75.4 Å². The summed E-state index contributed by atoms with van der Waals surface area (Å²) in [5.74, 6) is -0.617. The molecule has 8 nitrogen and oxygen atoms in total. The molecule has 0 saturated heterocycles. The van der Waals surface area contributed by atoms with Crippen molar-refractivity contribution in [2.75, 3.05) is 6.61 Å². The summed E-state index contributed by atoms with van der Waals surface area (Å²) in [6, 6.07) is 10.4. The number of allylic oxidation sites excluding steroid dienone is 1. The number of nitrogens with one attached hydrogen (secondary N) is 2. The fourth-order valence-electron chi connectivity index (χ4n) is 3.99. The number of hydrogen-bond donors (Lipinski definition) is 2. The lowest BCUT2D eigenvalue weighted by atomic mass is 9.86. The number of fused-ring (bicyclic) bond motifs is 2. The lowest BCUT2D eigenvalue weighted by Gasteiger charge is -2.22. The van der Waals surface area contributed by atoms with E-state index in [4.69, 9.17) is 14.1 Å². The summed E-state index contributed by atoms with van der Waals surface area (Å²) < 4.78 is 10.8. The molecule has 0 fully saturated rings. The Hall–Kier alpha value is -3.94. The monoisotopic (exact) mass is 461 g/mol. The molecule has 3 amide bonds. The highest BCUT2D eigenvalue weighted by Gasteiger charge is 2.27. The van der Waals surface area contributed by atoms with Crippen LogP contribution in [0.25, 0.3) is 22.6 Å². The molecule has 2 heterocycles. The molecule has 1 aliphatic rings. The largest absolute Gasteiger partial charge is 0.465 e. The summed E-state index contributed by atoms with van der Waals surface area (Å²) in [7, 11) is 0. The number of amides is 3. The van der Waals surface area contributed by atoms with Crippen LogP contribution in [0.4, 0.5) is 4.79 Å². The van der Waals surface area contributed by atoms with E-state index >= 15 is 0 Å². The highest BCUT2D eigenvalue weighted by molar-refractivity contribution is 6.07. The van der Waals surface area contributed by atoms with Gasteiger partial charge >= 0.3 is 12.0 Å². The van der Waals surface area contributed by atoms with Gasteiger partial charge < -0.3 is 14.5 Å². The number of urea groups is 1. The number of pyridine rings is 1. The standard InChI is InChI=1S/C26H27N3O5/c1-26(2,3)29-25(32)28-21(30)15-34-24(31)22-18-10-4-5-12-20(18)27-23-16(8-6-11-19(22)23)14-17-9-7-13-33-17/h4-5,7,9-10,12-14H,6,8,11,15H2,1-3H3,(H2,28,29,30,32)/b16-14-. The highest BCUT2D eigenvalue weighted by Crippen LogP contribution is 2.36. The molecule has 0 bridgehead atoms. The summed E-state index contributed by atoms with van der Waals surface area (Å²) in [6.45, 7) is 4.81. The SMILES string of the molecule is CC(C)(C)NC(=O)NC(=O)COC(=O)c1c2c(nc3ccccc13)/C(=C\c1ccco1)CCC2. The first-order valence-electron chi connectivity index (χ1n) is 11.2. The number of rotatable bonds is 4. The number of benzene rings is 1. The first-order chi connectivity index (χ1) is 16.2. The van der Waals surface area contributed by atoms with Crippen LogP contribution in [0.2, 0.25) is 0 Å². The minimum absolute atomic E-state index is 0.401. The van der Waals surface area contributed by atoms with Crippen molar-refractivity contribution in [1.82, 2.24) is 15.6 Å². The maximum Gasteiger partial charge on any atom is 0.339 e. The van der Waals surface area contributed by atoms with Crippen molar-refractivity contribution in [3.63, 3.8) is 0 Å². The number of esters is 1. The van der Waals surface area contributed by atoms with Crippen LogP contribution in [0.15, 0.2) is 47.1 Å².